The van der Waals surface area contributed by atoms with Crippen LogP contribution in [-0.2, 0) is 9.53 Å². The molecule has 6 nitrogen and oxygen atoms in total. The number of ether oxygens (including phenoxy) is 1. The van der Waals surface area contributed by atoms with E-state index in [4.69, 9.17) is 4.74 Å². The van der Waals surface area contributed by atoms with Gasteiger partial charge in [-0.25, -0.2) is 4.39 Å². The number of amides is 1. The van der Waals surface area contributed by atoms with Gasteiger partial charge >= 0.3 is 0 Å². The smallest absolute Gasteiger partial charge is 0.249 e. The van der Waals surface area contributed by atoms with E-state index in [1.165, 1.54) is 0 Å². The first kappa shape index (κ1) is 15.1. The van der Waals surface area contributed by atoms with Crippen molar-refractivity contribution in [3.63, 3.8) is 0 Å². The van der Waals surface area contributed by atoms with Crippen LogP contribution in [0.15, 0.2) is 18.3 Å². The second-order valence-corrected chi connectivity index (χ2v) is 5.82. The minimum Gasteiger partial charge on any atom is -0.368 e. The highest BCUT2D eigenvalue weighted by Crippen LogP contribution is 2.25. The van der Waals surface area contributed by atoms with Crippen molar-refractivity contribution in [3.05, 3.63) is 18.3 Å². The van der Waals surface area contributed by atoms with Crippen LogP contribution in [0.3, 0.4) is 0 Å². The summed E-state index contributed by atoms with van der Waals surface area (Å²) >= 11 is 0. The van der Waals surface area contributed by atoms with Gasteiger partial charge in [0.2, 0.25) is 5.91 Å². The van der Waals surface area contributed by atoms with Crippen LogP contribution < -0.4 is 10.2 Å². The molecule has 1 aromatic rings. The summed E-state index contributed by atoms with van der Waals surface area (Å²) < 4.78 is 19.2. The number of rotatable bonds is 4. The fourth-order valence-electron chi connectivity index (χ4n) is 3.06. The van der Waals surface area contributed by atoms with Crippen LogP contribution in [0.25, 0.3) is 0 Å². The van der Waals surface area contributed by atoms with E-state index in [1.807, 2.05) is 11.0 Å². The predicted molar refractivity (Wildman–Crippen MR) is 79.3 cm³/mol. The van der Waals surface area contributed by atoms with E-state index in [9.17, 15) is 9.18 Å². The largest absolute Gasteiger partial charge is 0.368 e. The van der Waals surface area contributed by atoms with Crippen LogP contribution in [-0.4, -0.2) is 54.1 Å². The van der Waals surface area contributed by atoms with Crippen molar-refractivity contribution in [2.45, 2.75) is 44.0 Å². The van der Waals surface area contributed by atoms with E-state index in [0.717, 1.165) is 19.3 Å². The lowest BCUT2D eigenvalue weighted by molar-refractivity contribution is -0.135. The summed E-state index contributed by atoms with van der Waals surface area (Å²) in [6, 6.07) is 3.49. The van der Waals surface area contributed by atoms with Gasteiger partial charge in [0.1, 0.15) is 12.3 Å². The van der Waals surface area contributed by atoms with Crippen LogP contribution in [0.2, 0.25) is 0 Å². The molecule has 0 radical (unpaired) electrons. The Kier molecular flexibility index (Phi) is 4.82. The molecular formula is C15H21FN4O2. The van der Waals surface area contributed by atoms with Gasteiger partial charge in [-0.2, -0.15) is 5.10 Å². The Morgan fingerprint density at radius 2 is 2.41 bits per heavy atom. The maximum absolute atomic E-state index is 13.8. The number of carbonyl (C=O) groups is 1. The van der Waals surface area contributed by atoms with Crippen LogP contribution in [0.1, 0.15) is 25.7 Å². The normalized spacial score (nSPS) is 28.6. The second-order valence-electron chi connectivity index (χ2n) is 5.82. The summed E-state index contributed by atoms with van der Waals surface area (Å²) in [7, 11) is 0. The molecule has 1 N–H and O–H groups in total. The second kappa shape index (κ2) is 7.00. The number of nitrogens with one attached hydrogen (secondary N) is 1. The highest BCUT2D eigenvalue weighted by Gasteiger charge is 2.34. The molecule has 2 aliphatic heterocycles. The molecule has 1 amide bonds. The lowest BCUT2D eigenvalue weighted by Crippen LogP contribution is -2.45. The summed E-state index contributed by atoms with van der Waals surface area (Å²) in [6.45, 7) is 1.33. The molecule has 2 saturated heterocycles. The number of anilines is 1. The number of carbonyl (C=O) groups excluding carboxylic acids is 1. The summed E-state index contributed by atoms with van der Waals surface area (Å²) in [5, 5.41) is 10.8. The highest BCUT2D eigenvalue weighted by atomic mass is 19.1. The average Bonchev–Trinajstić information content (AvgIpc) is 2.95. The molecule has 2 aliphatic rings. The third-order valence-electron chi connectivity index (χ3n) is 4.20. The molecule has 120 valence electrons. The standard InChI is InChI=1S/C15H21FN4O2/c16-11-8-12(20(10-11)14-5-3-6-18-19-14)9-17-15(21)13-4-1-2-7-22-13/h3,5-6,11-13H,1-2,4,7-10H2,(H,17,21)/t11-,12-,13?/m0/s1. The minimum absolute atomic E-state index is 0.0962. The average molecular weight is 308 g/mol. The molecule has 0 spiro atoms. The van der Waals surface area contributed by atoms with Crippen molar-refractivity contribution in [2.24, 2.45) is 0 Å². The number of halogens is 1. The van der Waals surface area contributed by atoms with Crippen molar-refractivity contribution in [3.8, 4) is 0 Å². The van der Waals surface area contributed by atoms with Crippen LogP contribution in [0, 0.1) is 0 Å². The first-order valence-corrected chi connectivity index (χ1v) is 7.82. The Morgan fingerprint density at radius 1 is 1.50 bits per heavy atom. The van der Waals surface area contributed by atoms with Gasteiger partial charge in [0.25, 0.3) is 0 Å². The molecular weight excluding hydrogens is 287 g/mol. The molecule has 7 heteroatoms. The number of hydrogen-bond donors (Lipinski definition) is 1. The molecule has 0 saturated carbocycles. The van der Waals surface area contributed by atoms with Gasteiger partial charge in [-0.3, -0.25) is 4.79 Å². The Hall–Kier alpha value is -1.76. The monoisotopic (exact) mass is 308 g/mol. The zero-order valence-corrected chi connectivity index (χ0v) is 12.4. The zero-order valence-electron chi connectivity index (χ0n) is 12.4. The lowest BCUT2D eigenvalue weighted by Gasteiger charge is -2.26. The van der Waals surface area contributed by atoms with Crippen LogP contribution in [0.4, 0.5) is 10.2 Å². The summed E-state index contributed by atoms with van der Waals surface area (Å²) in [6.07, 6.45) is 3.49. The maximum Gasteiger partial charge on any atom is 0.249 e. The summed E-state index contributed by atoms with van der Waals surface area (Å²) in [5.41, 5.74) is 0. The van der Waals surface area contributed by atoms with E-state index in [0.29, 0.717) is 31.9 Å². The SMILES string of the molecule is O=C(NC[C@@H]1C[C@H](F)CN1c1cccnn1)C1CCCCO1. The fraction of sp³-hybridized carbons (Fsp3) is 0.667. The van der Waals surface area contributed by atoms with E-state index >= 15 is 0 Å². The quantitative estimate of drug-likeness (QED) is 0.901. The maximum atomic E-state index is 13.8. The van der Waals surface area contributed by atoms with Crippen molar-refractivity contribution in [2.75, 3.05) is 24.6 Å². The molecule has 3 rings (SSSR count). The van der Waals surface area contributed by atoms with Gasteiger partial charge in [-0.15, -0.1) is 5.10 Å². The molecule has 0 aliphatic carbocycles. The minimum atomic E-state index is -0.908. The summed E-state index contributed by atoms with van der Waals surface area (Å²) in [4.78, 5) is 14.0. The van der Waals surface area contributed by atoms with Gasteiger partial charge in [0.05, 0.1) is 12.6 Å². The third-order valence-corrected chi connectivity index (χ3v) is 4.20. The van der Waals surface area contributed by atoms with Gasteiger partial charge in [0, 0.05) is 25.8 Å². The Balaban J connectivity index is 1.57. The Bertz CT molecular complexity index is 496. The molecule has 2 fully saturated rings. The van der Waals surface area contributed by atoms with Crippen molar-refractivity contribution in [1.29, 1.82) is 0 Å². The van der Waals surface area contributed by atoms with Gasteiger partial charge in [0.15, 0.2) is 5.82 Å². The highest BCUT2D eigenvalue weighted by molar-refractivity contribution is 5.80. The van der Waals surface area contributed by atoms with E-state index in [1.54, 1.807) is 12.3 Å². The third kappa shape index (κ3) is 3.52. The van der Waals surface area contributed by atoms with Crippen molar-refractivity contribution in [1.82, 2.24) is 15.5 Å². The first-order chi connectivity index (χ1) is 10.7. The van der Waals surface area contributed by atoms with E-state index < -0.39 is 6.17 Å². The number of aromatic nitrogens is 2. The predicted octanol–water partition coefficient (Wildman–Crippen LogP) is 1.08. The molecule has 1 unspecified atom stereocenters. The molecule has 3 atom stereocenters. The van der Waals surface area contributed by atoms with Crippen molar-refractivity contribution >= 4 is 11.7 Å². The van der Waals surface area contributed by atoms with Gasteiger partial charge in [-0.05, 0) is 31.4 Å². The molecule has 0 bridgehead atoms. The topological polar surface area (TPSA) is 67.4 Å². The van der Waals surface area contributed by atoms with E-state index in [-0.39, 0.29) is 18.1 Å². The molecule has 1 aromatic heterocycles. The van der Waals surface area contributed by atoms with Crippen LogP contribution >= 0.6 is 0 Å². The number of alkyl halides is 1. The Morgan fingerprint density at radius 3 is 3.14 bits per heavy atom. The van der Waals surface area contributed by atoms with Gasteiger partial charge < -0.3 is 15.0 Å². The number of hydrogen-bond acceptors (Lipinski definition) is 5. The van der Waals surface area contributed by atoms with Crippen molar-refractivity contribution < 1.29 is 13.9 Å². The van der Waals surface area contributed by atoms with E-state index in [2.05, 4.69) is 15.5 Å². The lowest BCUT2D eigenvalue weighted by atomic mass is 10.1. The molecule has 3 heterocycles. The summed E-state index contributed by atoms with van der Waals surface area (Å²) in [5.74, 6) is 0.553. The molecule has 22 heavy (non-hydrogen) atoms. The zero-order chi connectivity index (χ0) is 15.4. The first-order valence-electron chi connectivity index (χ1n) is 7.82. The number of nitrogens with zero attached hydrogens (tertiary/aromatic N) is 3. The fourth-order valence-corrected chi connectivity index (χ4v) is 3.06. The molecule has 0 aromatic carbocycles. The van der Waals surface area contributed by atoms with Gasteiger partial charge in [-0.1, -0.05) is 0 Å². The Labute approximate surface area is 129 Å². The van der Waals surface area contributed by atoms with Crippen LogP contribution in [0.5, 0.6) is 0 Å².